The van der Waals surface area contributed by atoms with E-state index in [1.165, 1.54) is 6.42 Å². The number of carboxylic acid groups (broad SMARTS) is 1. The molecule has 0 aromatic heterocycles. The van der Waals surface area contributed by atoms with Crippen LogP contribution in [-0.2, 0) is 4.79 Å². The van der Waals surface area contributed by atoms with Crippen LogP contribution in [0.2, 0.25) is 0 Å². The van der Waals surface area contributed by atoms with Crippen molar-refractivity contribution in [1.29, 1.82) is 0 Å². The van der Waals surface area contributed by atoms with Gasteiger partial charge in [-0.2, -0.15) is 0 Å². The first kappa shape index (κ1) is 14.3. The zero-order valence-electron chi connectivity index (χ0n) is 8.07. The van der Waals surface area contributed by atoms with Gasteiger partial charge in [0.15, 0.2) is 0 Å². The fraction of sp³-hybridized carbons (Fsp3) is 0.500. The van der Waals surface area contributed by atoms with E-state index >= 15 is 0 Å². The predicted octanol–water partition coefficient (Wildman–Crippen LogP) is 2.90. The molecule has 0 saturated heterocycles. The molecule has 3 nitrogen and oxygen atoms in total. The molecule has 0 aliphatic carbocycles. The molecule has 0 atom stereocenters. The molecule has 2 N–H and O–H groups in total. The number of aliphatic hydroxyl groups is 1. The van der Waals surface area contributed by atoms with E-state index in [4.69, 9.17) is 15.0 Å². The van der Waals surface area contributed by atoms with Gasteiger partial charge in [0.1, 0.15) is 0 Å². The average molecular weight is 186 g/mol. The van der Waals surface area contributed by atoms with Crippen molar-refractivity contribution in [3.63, 3.8) is 0 Å². The molecule has 0 radical (unpaired) electrons. The number of carbonyl (C=O) groups is 1. The summed E-state index contributed by atoms with van der Waals surface area (Å²) in [5.74, 6) is -0.833. The van der Waals surface area contributed by atoms with Gasteiger partial charge in [0.25, 0.3) is 5.97 Å². The smallest absolute Gasteiger partial charge is 0.300 e. The van der Waals surface area contributed by atoms with Crippen LogP contribution in [0.1, 0.15) is 32.6 Å². The van der Waals surface area contributed by atoms with Gasteiger partial charge in [0.05, 0.1) is 6.26 Å². The molecule has 0 aliphatic rings. The number of hydrogen-bond acceptors (Lipinski definition) is 2. The largest absolute Gasteiger partial charge is 0.516 e. The van der Waals surface area contributed by atoms with Gasteiger partial charge in [-0.3, -0.25) is 4.79 Å². The zero-order valence-corrected chi connectivity index (χ0v) is 8.07. The van der Waals surface area contributed by atoms with Gasteiger partial charge in [-0.15, -0.1) is 6.58 Å². The third-order valence-corrected chi connectivity index (χ3v) is 1.13. The molecule has 0 amide bonds. The van der Waals surface area contributed by atoms with Crippen LogP contribution in [-0.4, -0.2) is 16.2 Å². The van der Waals surface area contributed by atoms with Gasteiger partial charge in [0.2, 0.25) is 0 Å². The molecule has 0 bridgehead atoms. The number of rotatable bonds is 5. The number of hydrogen-bond donors (Lipinski definition) is 2. The second-order valence-electron chi connectivity index (χ2n) is 2.48. The Morgan fingerprint density at radius 2 is 1.85 bits per heavy atom. The van der Waals surface area contributed by atoms with E-state index in [1.54, 1.807) is 6.08 Å². The normalized spacial score (nSPS) is 9.00. The lowest BCUT2D eigenvalue weighted by Gasteiger charge is -1.89. The molecule has 0 aliphatic heterocycles. The van der Waals surface area contributed by atoms with E-state index in [-0.39, 0.29) is 0 Å². The number of unbranched alkanes of at least 4 members (excludes halogenated alkanes) is 3. The summed E-state index contributed by atoms with van der Waals surface area (Å²) < 4.78 is 0. The topological polar surface area (TPSA) is 57.5 Å². The molecular formula is C10H18O3. The quantitative estimate of drug-likeness (QED) is 0.394. The van der Waals surface area contributed by atoms with E-state index < -0.39 is 5.97 Å². The summed E-state index contributed by atoms with van der Waals surface area (Å²) >= 11 is 0. The molecular weight excluding hydrogens is 168 g/mol. The Morgan fingerprint density at radius 3 is 2.23 bits per heavy atom. The Balaban J connectivity index is 0. The van der Waals surface area contributed by atoms with Crippen molar-refractivity contribution in [2.75, 3.05) is 0 Å². The Morgan fingerprint density at radius 1 is 1.38 bits per heavy atom. The SMILES string of the molecule is C=CCCCCC=CO.CC(=O)O. The summed E-state index contributed by atoms with van der Waals surface area (Å²) in [6.07, 6.45) is 9.17. The summed E-state index contributed by atoms with van der Waals surface area (Å²) in [6.45, 7) is 4.69. The maximum atomic E-state index is 9.00. The number of allylic oxidation sites excluding steroid dienone is 2. The summed E-state index contributed by atoms with van der Waals surface area (Å²) in [6, 6.07) is 0. The highest BCUT2D eigenvalue weighted by molar-refractivity contribution is 5.62. The fourth-order valence-corrected chi connectivity index (χ4v) is 0.625. The van der Waals surface area contributed by atoms with Crippen molar-refractivity contribution in [1.82, 2.24) is 0 Å². The second kappa shape index (κ2) is 13.3. The molecule has 3 heteroatoms. The highest BCUT2D eigenvalue weighted by atomic mass is 16.4. The molecule has 0 saturated carbocycles. The Bertz CT molecular complexity index is 146. The van der Waals surface area contributed by atoms with Crippen molar-refractivity contribution in [3.05, 3.63) is 25.0 Å². The number of aliphatic hydroxyl groups excluding tert-OH is 1. The van der Waals surface area contributed by atoms with Crippen molar-refractivity contribution >= 4 is 5.97 Å². The summed E-state index contributed by atoms with van der Waals surface area (Å²) in [5, 5.41) is 15.6. The summed E-state index contributed by atoms with van der Waals surface area (Å²) in [7, 11) is 0. The third kappa shape index (κ3) is 36.5. The van der Waals surface area contributed by atoms with Crippen LogP contribution < -0.4 is 0 Å². The fourth-order valence-electron chi connectivity index (χ4n) is 0.625. The monoisotopic (exact) mass is 186 g/mol. The van der Waals surface area contributed by atoms with Crippen LogP contribution in [0, 0.1) is 0 Å². The molecule has 0 heterocycles. The van der Waals surface area contributed by atoms with Crippen molar-refractivity contribution < 1.29 is 15.0 Å². The third-order valence-electron chi connectivity index (χ3n) is 1.13. The minimum absolute atomic E-state index is 0.833. The van der Waals surface area contributed by atoms with Crippen LogP contribution >= 0.6 is 0 Å². The van der Waals surface area contributed by atoms with E-state index in [0.29, 0.717) is 0 Å². The molecule has 13 heavy (non-hydrogen) atoms. The van der Waals surface area contributed by atoms with Crippen LogP contribution in [0.3, 0.4) is 0 Å². The Labute approximate surface area is 79.4 Å². The van der Waals surface area contributed by atoms with Gasteiger partial charge in [-0.1, -0.05) is 12.2 Å². The molecule has 0 rings (SSSR count). The average Bonchev–Trinajstić information content (AvgIpc) is 2.03. The van der Waals surface area contributed by atoms with Crippen LogP contribution in [0.4, 0.5) is 0 Å². The Hall–Kier alpha value is -1.25. The highest BCUT2D eigenvalue weighted by Gasteiger charge is 1.80. The van der Waals surface area contributed by atoms with Gasteiger partial charge in [-0.25, -0.2) is 0 Å². The van der Waals surface area contributed by atoms with Crippen LogP contribution in [0.25, 0.3) is 0 Å². The van der Waals surface area contributed by atoms with Crippen molar-refractivity contribution in [2.24, 2.45) is 0 Å². The highest BCUT2D eigenvalue weighted by Crippen LogP contribution is 1.99. The van der Waals surface area contributed by atoms with Gasteiger partial charge in [0, 0.05) is 6.92 Å². The van der Waals surface area contributed by atoms with Crippen molar-refractivity contribution in [2.45, 2.75) is 32.6 Å². The predicted molar refractivity (Wildman–Crippen MR) is 53.7 cm³/mol. The number of carboxylic acids is 1. The minimum Gasteiger partial charge on any atom is -0.516 e. The van der Waals surface area contributed by atoms with Crippen LogP contribution in [0.5, 0.6) is 0 Å². The second-order valence-corrected chi connectivity index (χ2v) is 2.48. The lowest BCUT2D eigenvalue weighted by atomic mass is 10.2. The van der Waals surface area contributed by atoms with Gasteiger partial charge >= 0.3 is 0 Å². The Kier molecular flexibility index (Phi) is 14.7. The van der Waals surface area contributed by atoms with Gasteiger partial charge in [-0.05, 0) is 25.7 Å². The molecule has 0 aromatic rings. The van der Waals surface area contributed by atoms with Gasteiger partial charge < -0.3 is 10.2 Å². The van der Waals surface area contributed by atoms with Crippen molar-refractivity contribution in [3.8, 4) is 0 Å². The first-order valence-electron chi connectivity index (χ1n) is 4.24. The van der Waals surface area contributed by atoms with E-state index in [0.717, 1.165) is 32.4 Å². The molecule has 0 aromatic carbocycles. The zero-order chi connectivity index (χ0) is 10.5. The summed E-state index contributed by atoms with van der Waals surface area (Å²) in [4.78, 5) is 9.00. The molecule has 0 spiro atoms. The lowest BCUT2D eigenvalue weighted by molar-refractivity contribution is -0.134. The maximum absolute atomic E-state index is 9.00. The van der Waals surface area contributed by atoms with E-state index in [9.17, 15) is 0 Å². The molecule has 76 valence electrons. The minimum atomic E-state index is -0.833. The molecule has 0 fully saturated rings. The molecule has 0 unspecified atom stereocenters. The first-order chi connectivity index (χ1) is 6.15. The van der Waals surface area contributed by atoms with E-state index in [1.807, 2.05) is 6.08 Å². The lowest BCUT2D eigenvalue weighted by Crippen LogP contribution is -1.78. The number of aliphatic carboxylic acids is 1. The maximum Gasteiger partial charge on any atom is 0.300 e. The summed E-state index contributed by atoms with van der Waals surface area (Å²) in [5.41, 5.74) is 0. The van der Waals surface area contributed by atoms with Crippen LogP contribution in [0.15, 0.2) is 25.0 Å². The first-order valence-corrected chi connectivity index (χ1v) is 4.24. The van der Waals surface area contributed by atoms with E-state index in [2.05, 4.69) is 6.58 Å². The standard InChI is InChI=1S/C8H14O.C2H4O2/c1-2-3-4-5-6-7-8-9;1-2(3)4/h2,7-9H,1,3-6H2;1H3,(H,3,4).